The van der Waals surface area contributed by atoms with Crippen LogP contribution in [0.1, 0.15) is 6.92 Å². The molecule has 2 heterocycles. The summed E-state index contributed by atoms with van der Waals surface area (Å²) < 4.78 is 0. The second-order valence-electron chi connectivity index (χ2n) is 4.38. The Morgan fingerprint density at radius 1 is 1.21 bits per heavy atom. The third kappa shape index (κ3) is 1.56. The zero-order valence-electron chi connectivity index (χ0n) is 10.1. The first kappa shape index (κ1) is 11.6. The summed E-state index contributed by atoms with van der Waals surface area (Å²) in [5.41, 5.74) is 0.486. The van der Waals surface area contributed by atoms with E-state index in [0.717, 1.165) is 4.90 Å². The molecule has 1 fully saturated rings. The van der Waals surface area contributed by atoms with Gasteiger partial charge in [-0.25, -0.2) is 4.90 Å². The predicted molar refractivity (Wildman–Crippen MR) is 65.4 cm³/mol. The highest BCUT2D eigenvalue weighted by molar-refractivity contribution is 6.47. The van der Waals surface area contributed by atoms with Crippen LogP contribution in [-0.4, -0.2) is 29.4 Å². The standard InChI is InChI=1S/C13H10N2O4/c1-7(16)10-9-11(19-14-10)13(18)15(12(9)17)8-5-3-2-4-6-8/h2-6,9,11H,1H3. The van der Waals surface area contributed by atoms with E-state index in [-0.39, 0.29) is 11.5 Å². The van der Waals surface area contributed by atoms with Crippen molar-refractivity contribution in [3.8, 4) is 0 Å². The summed E-state index contributed by atoms with van der Waals surface area (Å²) in [6.07, 6.45) is -1.01. The molecule has 1 aromatic rings. The molecule has 1 saturated heterocycles. The first-order valence-corrected chi connectivity index (χ1v) is 5.79. The molecule has 0 saturated carbocycles. The number of Topliss-reactive ketones (excluding diaryl/α,β-unsaturated/α-hetero) is 1. The van der Waals surface area contributed by atoms with E-state index in [1.54, 1.807) is 30.3 Å². The van der Waals surface area contributed by atoms with Crippen LogP contribution in [0.25, 0.3) is 0 Å². The van der Waals surface area contributed by atoms with Crippen LogP contribution in [0.2, 0.25) is 0 Å². The van der Waals surface area contributed by atoms with Gasteiger partial charge in [0.15, 0.2) is 5.78 Å². The molecule has 0 spiro atoms. The normalized spacial score (nSPS) is 25.1. The van der Waals surface area contributed by atoms with Crippen LogP contribution >= 0.6 is 0 Å². The van der Waals surface area contributed by atoms with Crippen molar-refractivity contribution in [2.45, 2.75) is 13.0 Å². The minimum atomic E-state index is -1.01. The molecule has 0 N–H and O–H groups in total. The van der Waals surface area contributed by atoms with Crippen molar-refractivity contribution in [1.29, 1.82) is 0 Å². The van der Waals surface area contributed by atoms with Crippen molar-refractivity contribution in [2.24, 2.45) is 11.1 Å². The van der Waals surface area contributed by atoms with Gasteiger partial charge in [-0.2, -0.15) is 0 Å². The maximum Gasteiger partial charge on any atom is 0.278 e. The Kier molecular flexibility index (Phi) is 2.45. The fourth-order valence-corrected chi connectivity index (χ4v) is 2.30. The van der Waals surface area contributed by atoms with Crippen LogP contribution < -0.4 is 4.90 Å². The number of para-hydroxylation sites is 1. The van der Waals surface area contributed by atoms with Crippen molar-refractivity contribution in [2.75, 3.05) is 4.90 Å². The number of hydrogen-bond donors (Lipinski definition) is 0. The molecule has 0 radical (unpaired) electrons. The van der Waals surface area contributed by atoms with Crippen LogP contribution in [0.5, 0.6) is 0 Å². The van der Waals surface area contributed by atoms with Gasteiger partial charge in [-0.05, 0) is 12.1 Å². The number of carbonyl (C=O) groups is 3. The summed E-state index contributed by atoms with van der Waals surface area (Å²) in [6.45, 7) is 1.30. The molecule has 2 aliphatic rings. The molecule has 0 aliphatic carbocycles. The topological polar surface area (TPSA) is 76.0 Å². The molecule has 6 nitrogen and oxygen atoms in total. The Morgan fingerprint density at radius 3 is 2.53 bits per heavy atom. The van der Waals surface area contributed by atoms with Gasteiger partial charge in [0.05, 0.1) is 5.69 Å². The number of nitrogens with zero attached hydrogens (tertiary/aromatic N) is 2. The number of ketones is 1. The van der Waals surface area contributed by atoms with Gasteiger partial charge in [-0.1, -0.05) is 23.4 Å². The molecular weight excluding hydrogens is 248 g/mol. The monoisotopic (exact) mass is 258 g/mol. The number of oxime groups is 1. The van der Waals surface area contributed by atoms with Gasteiger partial charge in [0.25, 0.3) is 5.91 Å². The number of fused-ring (bicyclic) bond motifs is 1. The number of imide groups is 1. The Balaban J connectivity index is 2.00. The Bertz CT molecular complexity index is 608. The van der Waals surface area contributed by atoms with E-state index >= 15 is 0 Å². The smallest absolute Gasteiger partial charge is 0.278 e. The molecule has 0 aromatic heterocycles. The third-order valence-electron chi connectivity index (χ3n) is 3.19. The van der Waals surface area contributed by atoms with Gasteiger partial charge in [-0.3, -0.25) is 14.4 Å². The molecule has 2 unspecified atom stereocenters. The van der Waals surface area contributed by atoms with Crippen LogP contribution in [0.4, 0.5) is 5.69 Å². The van der Waals surface area contributed by atoms with E-state index in [9.17, 15) is 14.4 Å². The van der Waals surface area contributed by atoms with E-state index in [0.29, 0.717) is 5.69 Å². The highest BCUT2D eigenvalue weighted by Gasteiger charge is 2.56. The van der Waals surface area contributed by atoms with Crippen LogP contribution in [0, 0.1) is 5.92 Å². The van der Waals surface area contributed by atoms with Gasteiger partial charge in [-0.15, -0.1) is 0 Å². The quantitative estimate of drug-likeness (QED) is 0.725. The number of rotatable bonds is 2. The van der Waals surface area contributed by atoms with Gasteiger partial charge in [0.2, 0.25) is 12.0 Å². The SMILES string of the molecule is CC(=O)C1=NOC2C(=O)N(c3ccccc3)C(=O)C12. The number of anilines is 1. The van der Waals surface area contributed by atoms with Crippen LogP contribution in [-0.2, 0) is 19.2 Å². The maximum absolute atomic E-state index is 12.3. The molecule has 3 rings (SSSR count). The fourth-order valence-electron chi connectivity index (χ4n) is 2.30. The molecule has 96 valence electrons. The summed E-state index contributed by atoms with van der Waals surface area (Å²) in [7, 11) is 0. The summed E-state index contributed by atoms with van der Waals surface area (Å²) in [6, 6.07) is 8.55. The Morgan fingerprint density at radius 2 is 1.89 bits per heavy atom. The summed E-state index contributed by atoms with van der Waals surface area (Å²) in [4.78, 5) is 41.8. The predicted octanol–water partition coefficient (Wildman–Crippen LogP) is 0.520. The number of hydrogen-bond acceptors (Lipinski definition) is 5. The van der Waals surface area contributed by atoms with Gasteiger partial charge in [0.1, 0.15) is 11.6 Å². The van der Waals surface area contributed by atoms with Crippen LogP contribution in [0.3, 0.4) is 0 Å². The lowest BCUT2D eigenvalue weighted by Crippen LogP contribution is -2.33. The summed E-state index contributed by atoms with van der Waals surface area (Å²) in [5.74, 6) is -2.22. The lowest BCUT2D eigenvalue weighted by Gasteiger charge is -2.14. The van der Waals surface area contributed by atoms with E-state index < -0.39 is 23.8 Å². The zero-order valence-corrected chi connectivity index (χ0v) is 10.1. The van der Waals surface area contributed by atoms with Crippen molar-refractivity contribution in [3.63, 3.8) is 0 Å². The molecule has 2 atom stereocenters. The minimum absolute atomic E-state index is 0.0155. The van der Waals surface area contributed by atoms with Crippen LogP contribution in [0.15, 0.2) is 35.5 Å². The highest BCUT2D eigenvalue weighted by Crippen LogP contribution is 2.33. The maximum atomic E-state index is 12.3. The number of carbonyl (C=O) groups excluding carboxylic acids is 3. The molecule has 0 bridgehead atoms. The molecule has 2 amide bonds. The second-order valence-corrected chi connectivity index (χ2v) is 4.38. The number of amides is 2. The zero-order chi connectivity index (χ0) is 13.6. The van der Waals surface area contributed by atoms with E-state index in [2.05, 4.69) is 5.16 Å². The first-order valence-electron chi connectivity index (χ1n) is 5.79. The molecular formula is C13H10N2O4. The second kappa shape index (κ2) is 4.01. The lowest BCUT2D eigenvalue weighted by atomic mass is 9.97. The van der Waals surface area contributed by atoms with E-state index in [1.807, 2.05) is 0 Å². The van der Waals surface area contributed by atoms with Gasteiger partial charge < -0.3 is 4.84 Å². The first-order chi connectivity index (χ1) is 9.11. The molecule has 2 aliphatic heterocycles. The third-order valence-corrected chi connectivity index (χ3v) is 3.19. The molecule has 6 heteroatoms. The fraction of sp³-hybridized carbons (Fsp3) is 0.231. The average molecular weight is 258 g/mol. The van der Waals surface area contributed by atoms with Crippen molar-refractivity contribution in [3.05, 3.63) is 30.3 Å². The van der Waals surface area contributed by atoms with Gasteiger partial charge >= 0.3 is 0 Å². The summed E-state index contributed by atoms with van der Waals surface area (Å²) >= 11 is 0. The highest BCUT2D eigenvalue weighted by atomic mass is 16.7. The largest absolute Gasteiger partial charge is 0.381 e. The molecule has 1 aromatic carbocycles. The Labute approximate surface area is 108 Å². The van der Waals surface area contributed by atoms with Crippen molar-refractivity contribution in [1.82, 2.24) is 0 Å². The Hall–Kier alpha value is -2.50. The van der Waals surface area contributed by atoms with Crippen molar-refractivity contribution >= 4 is 29.0 Å². The van der Waals surface area contributed by atoms with Gasteiger partial charge in [0, 0.05) is 6.92 Å². The van der Waals surface area contributed by atoms with E-state index in [1.165, 1.54) is 6.92 Å². The lowest BCUT2D eigenvalue weighted by molar-refractivity contribution is -0.126. The average Bonchev–Trinajstić information content (AvgIpc) is 2.93. The minimum Gasteiger partial charge on any atom is -0.381 e. The summed E-state index contributed by atoms with van der Waals surface area (Å²) in [5, 5.41) is 3.55. The molecule has 19 heavy (non-hydrogen) atoms. The van der Waals surface area contributed by atoms with Crippen molar-refractivity contribution < 1.29 is 19.2 Å². The van der Waals surface area contributed by atoms with E-state index in [4.69, 9.17) is 4.84 Å². The number of benzene rings is 1.